The van der Waals surface area contributed by atoms with Gasteiger partial charge in [-0.2, -0.15) is 18.2 Å². The summed E-state index contributed by atoms with van der Waals surface area (Å²) in [5.41, 5.74) is 5.39. The first-order valence-electron chi connectivity index (χ1n) is 6.08. The molecule has 0 radical (unpaired) electrons. The van der Waals surface area contributed by atoms with Gasteiger partial charge in [-0.25, -0.2) is 0 Å². The van der Waals surface area contributed by atoms with Crippen molar-refractivity contribution in [2.45, 2.75) is 32.0 Å². The molecule has 1 aromatic carbocycles. The van der Waals surface area contributed by atoms with Crippen molar-refractivity contribution in [3.8, 4) is 0 Å². The van der Waals surface area contributed by atoms with E-state index in [2.05, 4.69) is 10.1 Å². The van der Waals surface area contributed by atoms with Gasteiger partial charge in [0.2, 0.25) is 5.89 Å². The molecule has 1 aromatic heterocycles. The van der Waals surface area contributed by atoms with Gasteiger partial charge in [0, 0.05) is 18.9 Å². The molecular formula is C13H14F3N3O. The number of halogens is 3. The first kappa shape index (κ1) is 14.5. The zero-order valence-corrected chi connectivity index (χ0v) is 10.8. The van der Waals surface area contributed by atoms with Gasteiger partial charge in [-0.3, -0.25) is 0 Å². The third kappa shape index (κ3) is 3.80. The molecule has 0 saturated carbocycles. The average Bonchev–Trinajstić information content (AvgIpc) is 2.75. The highest BCUT2D eigenvalue weighted by Gasteiger charge is 2.30. The van der Waals surface area contributed by atoms with Gasteiger partial charge in [0.05, 0.1) is 5.56 Å². The van der Waals surface area contributed by atoms with Crippen LogP contribution < -0.4 is 5.73 Å². The Hall–Kier alpha value is -1.89. The number of nitrogens with two attached hydrogens (primary N) is 1. The predicted molar refractivity (Wildman–Crippen MR) is 65.9 cm³/mol. The molecule has 20 heavy (non-hydrogen) atoms. The fraction of sp³-hybridized carbons (Fsp3) is 0.385. The molecule has 1 heterocycles. The van der Waals surface area contributed by atoms with E-state index in [1.54, 1.807) is 13.0 Å². The Balaban J connectivity index is 2.12. The third-order valence-electron chi connectivity index (χ3n) is 2.62. The standard InChI is InChI=1S/C13H14F3N3O/c1-8(17)5-12-18-11(19-20-12)7-9-3-2-4-10(6-9)13(14,15)16/h2-4,6,8H,5,7,17H2,1H3. The second-order valence-electron chi connectivity index (χ2n) is 4.66. The summed E-state index contributed by atoms with van der Waals surface area (Å²) in [5, 5.41) is 3.73. The Bertz CT molecular complexity index is 578. The quantitative estimate of drug-likeness (QED) is 0.937. The minimum Gasteiger partial charge on any atom is -0.339 e. The molecule has 0 aliphatic heterocycles. The SMILES string of the molecule is CC(N)Cc1nc(Cc2cccc(C(F)(F)F)c2)no1. The van der Waals surface area contributed by atoms with Gasteiger partial charge in [0.15, 0.2) is 5.82 Å². The van der Waals surface area contributed by atoms with E-state index in [1.165, 1.54) is 6.07 Å². The molecule has 0 bridgehead atoms. The van der Waals surface area contributed by atoms with Crippen molar-refractivity contribution in [1.82, 2.24) is 10.1 Å². The van der Waals surface area contributed by atoms with E-state index in [4.69, 9.17) is 10.3 Å². The molecule has 0 spiro atoms. The van der Waals surface area contributed by atoms with Crippen LogP contribution in [0.1, 0.15) is 29.8 Å². The predicted octanol–water partition coefficient (Wildman–Crippen LogP) is 2.57. The van der Waals surface area contributed by atoms with Crippen LogP contribution in [-0.2, 0) is 19.0 Å². The Morgan fingerprint density at radius 1 is 1.35 bits per heavy atom. The summed E-state index contributed by atoms with van der Waals surface area (Å²) in [6.45, 7) is 1.80. The molecule has 1 atom stereocenters. The van der Waals surface area contributed by atoms with Crippen molar-refractivity contribution >= 4 is 0 Å². The molecule has 108 valence electrons. The van der Waals surface area contributed by atoms with E-state index < -0.39 is 11.7 Å². The van der Waals surface area contributed by atoms with Crippen molar-refractivity contribution < 1.29 is 17.7 Å². The third-order valence-corrected chi connectivity index (χ3v) is 2.62. The second-order valence-corrected chi connectivity index (χ2v) is 4.66. The van der Waals surface area contributed by atoms with E-state index in [1.807, 2.05) is 0 Å². The van der Waals surface area contributed by atoms with Crippen LogP contribution >= 0.6 is 0 Å². The van der Waals surface area contributed by atoms with Crippen molar-refractivity contribution in [2.75, 3.05) is 0 Å². The second kappa shape index (κ2) is 5.62. The van der Waals surface area contributed by atoms with Gasteiger partial charge >= 0.3 is 6.18 Å². The largest absolute Gasteiger partial charge is 0.416 e. The fourth-order valence-electron chi connectivity index (χ4n) is 1.76. The molecule has 7 heteroatoms. The lowest BCUT2D eigenvalue weighted by Crippen LogP contribution is -2.17. The number of rotatable bonds is 4. The summed E-state index contributed by atoms with van der Waals surface area (Å²) in [4.78, 5) is 4.10. The molecule has 0 fully saturated rings. The minimum atomic E-state index is -4.35. The number of hydrogen-bond donors (Lipinski definition) is 1. The Morgan fingerprint density at radius 2 is 2.10 bits per heavy atom. The van der Waals surface area contributed by atoms with Crippen molar-refractivity contribution in [2.24, 2.45) is 5.73 Å². The average molecular weight is 285 g/mol. The lowest BCUT2D eigenvalue weighted by molar-refractivity contribution is -0.137. The van der Waals surface area contributed by atoms with Crippen LogP contribution in [-0.4, -0.2) is 16.2 Å². The summed E-state index contributed by atoms with van der Waals surface area (Å²) in [6.07, 6.45) is -3.73. The van der Waals surface area contributed by atoms with E-state index >= 15 is 0 Å². The number of aromatic nitrogens is 2. The molecule has 2 N–H and O–H groups in total. The molecule has 1 unspecified atom stereocenters. The summed E-state index contributed by atoms with van der Waals surface area (Å²) < 4.78 is 42.8. The van der Waals surface area contributed by atoms with Crippen LogP contribution in [0, 0.1) is 0 Å². The van der Waals surface area contributed by atoms with Crippen LogP contribution in [0.5, 0.6) is 0 Å². The lowest BCUT2D eigenvalue weighted by Gasteiger charge is -2.07. The number of hydrogen-bond acceptors (Lipinski definition) is 4. The van der Waals surface area contributed by atoms with E-state index in [9.17, 15) is 13.2 Å². The van der Waals surface area contributed by atoms with Gasteiger partial charge in [-0.15, -0.1) is 0 Å². The highest BCUT2D eigenvalue weighted by molar-refractivity contribution is 5.27. The highest BCUT2D eigenvalue weighted by Crippen LogP contribution is 2.29. The van der Waals surface area contributed by atoms with Crippen molar-refractivity contribution in [1.29, 1.82) is 0 Å². The molecule has 0 saturated heterocycles. The molecule has 0 aliphatic rings. The first-order chi connectivity index (χ1) is 9.34. The lowest BCUT2D eigenvalue weighted by atomic mass is 10.1. The van der Waals surface area contributed by atoms with Crippen LogP contribution in [0.4, 0.5) is 13.2 Å². The van der Waals surface area contributed by atoms with Crippen LogP contribution in [0.2, 0.25) is 0 Å². The highest BCUT2D eigenvalue weighted by atomic mass is 19.4. The smallest absolute Gasteiger partial charge is 0.339 e. The maximum absolute atomic E-state index is 12.6. The molecule has 2 aromatic rings. The van der Waals surface area contributed by atoms with Crippen LogP contribution in [0.3, 0.4) is 0 Å². The summed E-state index contributed by atoms with van der Waals surface area (Å²) in [6, 6.07) is 4.96. The van der Waals surface area contributed by atoms with Crippen molar-refractivity contribution in [3.63, 3.8) is 0 Å². The molecule has 4 nitrogen and oxygen atoms in total. The number of alkyl halides is 3. The zero-order valence-electron chi connectivity index (χ0n) is 10.8. The van der Waals surface area contributed by atoms with Crippen LogP contribution in [0.15, 0.2) is 28.8 Å². The van der Waals surface area contributed by atoms with Gasteiger partial charge in [0.1, 0.15) is 0 Å². The molecular weight excluding hydrogens is 271 g/mol. The van der Waals surface area contributed by atoms with E-state index in [0.717, 1.165) is 12.1 Å². The molecule has 2 rings (SSSR count). The van der Waals surface area contributed by atoms with E-state index in [-0.39, 0.29) is 12.5 Å². The summed E-state index contributed by atoms with van der Waals surface area (Å²) in [5.74, 6) is 0.738. The Labute approximate surface area is 113 Å². The number of benzene rings is 1. The summed E-state index contributed by atoms with van der Waals surface area (Å²) >= 11 is 0. The summed E-state index contributed by atoms with van der Waals surface area (Å²) in [7, 11) is 0. The fourth-order valence-corrected chi connectivity index (χ4v) is 1.76. The zero-order chi connectivity index (χ0) is 14.8. The van der Waals surface area contributed by atoms with Crippen LogP contribution in [0.25, 0.3) is 0 Å². The Morgan fingerprint density at radius 3 is 2.75 bits per heavy atom. The van der Waals surface area contributed by atoms with Gasteiger partial charge in [-0.05, 0) is 18.6 Å². The van der Waals surface area contributed by atoms with E-state index in [0.29, 0.717) is 23.7 Å². The minimum absolute atomic E-state index is 0.114. The maximum Gasteiger partial charge on any atom is 0.416 e. The van der Waals surface area contributed by atoms with Gasteiger partial charge < -0.3 is 10.3 Å². The monoisotopic (exact) mass is 285 g/mol. The van der Waals surface area contributed by atoms with Gasteiger partial charge in [0.25, 0.3) is 0 Å². The topological polar surface area (TPSA) is 64.9 Å². The first-order valence-corrected chi connectivity index (χ1v) is 6.08. The Kier molecular flexibility index (Phi) is 4.08. The normalized spacial score (nSPS) is 13.4. The van der Waals surface area contributed by atoms with Gasteiger partial charge in [-0.1, -0.05) is 23.4 Å². The maximum atomic E-state index is 12.6. The van der Waals surface area contributed by atoms with Crippen molar-refractivity contribution in [3.05, 3.63) is 47.1 Å². The number of nitrogens with zero attached hydrogens (tertiary/aromatic N) is 2. The molecule has 0 amide bonds. The molecule has 0 aliphatic carbocycles.